The van der Waals surface area contributed by atoms with Crippen molar-refractivity contribution in [1.82, 2.24) is 9.97 Å². The van der Waals surface area contributed by atoms with Crippen LogP contribution in [0.4, 0.5) is 5.69 Å². The van der Waals surface area contributed by atoms with Crippen LogP contribution in [0.25, 0.3) is 10.9 Å². The zero-order valence-electron chi connectivity index (χ0n) is 12.2. The van der Waals surface area contributed by atoms with Gasteiger partial charge in [-0.1, -0.05) is 0 Å². The molecule has 0 radical (unpaired) electrons. The molecule has 0 aliphatic carbocycles. The quantitative estimate of drug-likeness (QED) is 0.869. The molecule has 0 aliphatic heterocycles. The number of fused-ring (bicyclic) bond motifs is 1. The van der Waals surface area contributed by atoms with Gasteiger partial charge in [-0.25, -0.2) is 14.2 Å². The van der Waals surface area contributed by atoms with Gasteiger partial charge in [-0.2, -0.15) is 4.36 Å². The van der Waals surface area contributed by atoms with E-state index in [1.54, 1.807) is 13.4 Å². The molecular weight excluding hydrogens is 274 g/mol. The fourth-order valence-electron chi connectivity index (χ4n) is 2.12. The van der Waals surface area contributed by atoms with Crippen molar-refractivity contribution in [3.63, 3.8) is 0 Å². The molecule has 0 saturated carbocycles. The molecule has 5 nitrogen and oxygen atoms in total. The Balaban J connectivity index is 2.52. The van der Waals surface area contributed by atoms with Crippen LogP contribution in [-0.2, 0) is 14.5 Å². The van der Waals surface area contributed by atoms with E-state index in [0.29, 0.717) is 18.0 Å². The van der Waals surface area contributed by atoms with E-state index in [1.165, 1.54) is 6.33 Å². The number of methoxy groups -OCH3 is 1. The molecule has 0 aliphatic rings. The first kappa shape index (κ1) is 14.9. The minimum atomic E-state index is -2.29. The van der Waals surface area contributed by atoms with Crippen molar-refractivity contribution in [1.29, 1.82) is 0 Å². The van der Waals surface area contributed by atoms with Crippen molar-refractivity contribution in [3.8, 4) is 0 Å². The highest BCUT2D eigenvalue weighted by Gasteiger charge is 2.07. The molecule has 0 fully saturated rings. The molecule has 1 unspecified atom stereocenters. The number of aromatic nitrogens is 2. The second-order valence-electron chi connectivity index (χ2n) is 4.86. The van der Waals surface area contributed by atoms with Crippen LogP contribution in [0.15, 0.2) is 22.8 Å². The molecule has 0 saturated heterocycles. The summed E-state index contributed by atoms with van der Waals surface area (Å²) in [5.74, 6) is 0.420. The Kier molecular flexibility index (Phi) is 4.35. The fourth-order valence-corrected chi connectivity index (χ4v) is 3.24. The maximum atomic E-state index is 12.3. The lowest BCUT2D eigenvalue weighted by molar-refractivity contribution is 0.218. The first-order valence-electron chi connectivity index (χ1n) is 6.34. The maximum absolute atomic E-state index is 12.3. The minimum absolute atomic E-state index is 0.420. The van der Waals surface area contributed by atoms with Gasteiger partial charge in [0.2, 0.25) is 0 Å². The van der Waals surface area contributed by atoms with Crippen LogP contribution < -0.4 is 0 Å². The molecular formula is C14H19N3O2S. The first-order valence-corrected chi connectivity index (χ1v) is 8.43. The van der Waals surface area contributed by atoms with Gasteiger partial charge in [-0.3, -0.25) is 0 Å². The predicted molar refractivity (Wildman–Crippen MR) is 81.9 cm³/mol. The van der Waals surface area contributed by atoms with E-state index in [2.05, 4.69) is 14.3 Å². The Morgan fingerprint density at radius 1 is 1.30 bits per heavy atom. The van der Waals surface area contributed by atoms with E-state index < -0.39 is 9.73 Å². The summed E-state index contributed by atoms with van der Waals surface area (Å²) in [6, 6.07) is 3.78. The largest absolute Gasteiger partial charge is 0.384 e. The third-order valence-corrected chi connectivity index (χ3v) is 4.60. The number of aryl methyl sites for hydroxylation is 2. The molecule has 0 spiro atoms. The van der Waals surface area contributed by atoms with Crippen molar-refractivity contribution in [3.05, 3.63) is 29.7 Å². The Morgan fingerprint density at radius 3 is 2.75 bits per heavy atom. The second-order valence-corrected chi connectivity index (χ2v) is 7.37. The molecule has 2 aromatic rings. The summed E-state index contributed by atoms with van der Waals surface area (Å²) in [6.07, 6.45) is 3.19. The number of hydrogen-bond donors (Lipinski definition) is 0. The molecule has 6 heteroatoms. The van der Waals surface area contributed by atoms with Crippen LogP contribution in [0.1, 0.15) is 11.3 Å². The normalized spacial score (nSPS) is 14.2. The van der Waals surface area contributed by atoms with E-state index in [1.807, 2.05) is 26.0 Å². The van der Waals surface area contributed by atoms with E-state index in [0.717, 1.165) is 22.2 Å². The molecule has 108 valence electrons. The van der Waals surface area contributed by atoms with Gasteiger partial charge in [0.05, 0.1) is 33.3 Å². The number of benzene rings is 1. The fraction of sp³-hybridized carbons (Fsp3) is 0.429. The van der Waals surface area contributed by atoms with Gasteiger partial charge in [0.25, 0.3) is 0 Å². The van der Waals surface area contributed by atoms with E-state index >= 15 is 0 Å². The Bertz CT molecular complexity index is 749. The predicted octanol–water partition coefficient (Wildman–Crippen LogP) is 2.62. The maximum Gasteiger partial charge on any atom is 0.116 e. The molecule has 0 bridgehead atoms. The molecule has 1 heterocycles. The summed E-state index contributed by atoms with van der Waals surface area (Å²) < 4.78 is 21.7. The van der Waals surface area contributed by atoms with Crippen molar-refractivity contribution >= 4 is 26.3 Å². The van der Waals surface area contributed by atoms with Gasteiger partial charge in [-0.15, -0.1) is 0 Å². The van der Waals surface area contributed by atoms with Crippen molar-refractivity contribution < 1.29 is 8.95 Å². The number of hydrogen-bond acceptors (Lipinski definition) is 5. The summed E-state index contributed by atoms with van der Waals surface area (Å²) in [4.78, 5) is 8.47. The average Bonchev–Trinajstić information content (AvgIpc) is 2.35. The monoisotopic (exact) mass is 293 g/mol. The van der Waals surface area contributed by atoms with Gasteiger partial charge in [-0.05, 0) is 31.5 Å². The van der Waals surface area contributed by atoms with Crippen LogP contribution in [0.3, 0.4) is 0 Å². The Morgan fingerprint density at radius 2 is 2.05 bits per heavy atom. The molecule has 20 heavy (non-hydrogen) atoms. The summed E-state index contributed by atoms with van der Waals surface area (Å²) in [5.41, 5.74) is 3.51. The summed E-state index contributed by atoms with van der Waals surface area (Å²) in [7, 11) is -0.693. The number of rotatable bonds is 4. The zero-order chi connectivity index (χ0) is 14.8. The third kappa shape index (κ3) is 3.32. The summed E-state index contributed by atoms with van der Waals surface area (Å²) in [5, 5.41) is 1.03. The van der Waals surface area contributed by atoms with Crippen LogP contribution in [0.2, 0.25) is 0 Å². The lowest BCUT2D eigenvalue weighted by Crippen LogP contribution is -2.08. The smallest absolute Gasteiger partial charge is 0.116 e. The highest BCUT2D eigenvalue weighted by atomic mass is 32.2. The topological polar surface area (TPSA) is 64.4 Å². The molecule has 0 amide bonds. The van der Waals surface area contributed by atoms with Crippen molar-refractivity contribution in [2.75, 3.05) is 25.7 Å². The van der Waals surface area contributed by atoms with Crippen LogP contribution in [0, 0.1) is 13.8 Å². The molecule has 2 rings (SSSR count). The third-order valence-electron chi connectivity index (χ3n) is 3.07. The molecule has 0 N–H and O–H groups in total. The van der Waals surface area contributed by atoms with E-state index in [-0.39, 0.29) is 0 Å². The van der Waals surface area contributed by atoms with Gasteiger partial charge < -0.3 is 4.74 Å². The van der Waals surface area contributed by atoms with E-state index in [4.69, 9.17) is 4.74 Å². The van der Waals surface area contributed by atoms with Crippen LogP contribution >= 0.6 is 0 Å². The Hall–Kier alpha value is -1.53. The van der Waals surface area contributed by atoms with Gasteiger partial charge in [0.1, 0.15) is 6.33 Å². The minimum Gasteiger partial charge on any atom is -0.384 e. The van der Waals surface area contributed by atoms with Gasteiger partial charge in [0.15, 0.2) is 0 Å². The highest BCUT2D eigenvalue weighted by molar-refractivity contribution is 7.93. The SMILES string of the molecule is COCCS(C)(=O)=Nc1cc(C)c2c(C)ncnc2c1. The summed E-state index contributed by atoms with van der Waals surface area (Å²) in [6.45, 7) is 4.38. The number of nitrogens with zero attached hydrogens (tertiary/aromatic N) is 3. The van der Waals surface area contributed by atoms with Crippen LogP contribution in [0.5, 0.6) is 0 Å². The van der Waals surface area contributed by atoms with Crippen molar-refractivity contribution in [2.45, 2.75) is 13.8 Å². The molecule has 1 aromatic heterocycles. The molecule has 1 atom stereocenters. The molecule has 1 aromatic carbocycles. The number of ether oxygens (including phenoxy) is 1. The second kappa shape index (κ2) is 5.85. The lowest BCUT2D eigenvalue weighted by Gasteiger charge is -2.07. The van der Waals surface area contributed by atoms with Crippen LogP contribution in [-0.4, -0.2) is 39.9 Å². The zero-order valence-corrected chi connectivity index (χ0v) is 13.0. The summed E-state index contributed by atoms with van der Waals surface area (Å²) >= 11 is 0. The average molecular weight is 293 g/mol. The Labute approximate surface area is 119 Å². The highest BCUT2D eigenvalue weighted by Crippen LogP contribution is 2.26. The van der Waals surface area contributed by atoms with Gasteiger partial charge in [0, 0.05) is 24.4 Å². The van der Waals surface area contributed by atoms with Crippen molar-refractivity contribution in [2.24, 2.45) is 4.36 Å². The lowest BCUT2D eigenvalue weighted by atomic mass is 10.1. The van der Waals surface area contributed by atoms with Gasteiger partial charge >= 0.3 is 0 Å². The van der Waals surface area contributed by atoms with E-state index in [9.17, 15) is 4.21 Å². The first-order chi connectivity index (χ1) is 9.43. The standard InChI is InChI=1S/C14H19N3O2S/c1-10-7-12(17-20(4,18)6-5-19-3)8-13-14(10)11(2)15-9-16-13/h7-9H,5-6H2,1-4H3.